The monoisotopic (exact) mass is 427 g/mol. The summed E-state index contributed by atoms with van der Waals surface area (Å²) in [5.41, 5.74) is 8.71. The van der Waals surface area contributed by atoms with E-state index in [0.717, 1.165) is 40.4 Å². The minimum absolute atomic E-state index is 0.00926. The quantitative estimate of drug-likeness (QED) is 0.714. The molecule has 0 atom stereocenters. The zero-order valence-corrected chi connectivity index (χ0v) is 17.8. The van der Waals surface area contributed by atoms with Crippen molar-refractivity contribution < 1.29 is 9.59 Å². The number of hydrogen-bond donors (Lipinski definition) is 2. The number of amides is 2. The third-order valence-corrected chi connectivity index (χ3v) is 6.81. The summed E-state index contributed by atoms with van der Waals surface area (Å²) in [6.07, 6.45) is 6.99. The van der Waals surface area contributed by atoms with Gasteiger partial charge in [-0.05, 0) is 60.5 Å². The van der Waals surface area contributed by atoms with Gasteiger partial charge in [0.1, 0.15) is 5.41 Å². The van der Waals surface area contributed by atoms with E-state index in [4.69, 9.17) is 10.7 Å². The van der Waals surface area contributed by atoms with Crippen LogP contribution in [0.5, 0.6) is 0 Å². The van der Waals surface area contributed by atoms with Crippen LogP contribution >= 0.6 is 0 Å². The molecule has 0 spiro atoms. The molecule has 1 saturated heterocycles. The van der Waals surface area contributed by atoms with Crippen molar-refractivity contribution in [2.45, 2.75) is 38.1 Å². The van der Waals surface area contributed by atoms with E-state index in [0.29, 0.717) is 37.9 Å². The van der Waals surface area contributed by atoms with Gasteiger partial charge in [0.25, 0.3) is 5.91 Å². The van der Waals surface area contributed by atoms with Crippen LogP contribution in [0, 0.1) is 16.7 Å². The van der Waals surface area contributed by atoms with Gasteiger partial charge in [0.2, 0.25) is 5.91 Å². The van der Waals surface area contributed by atoms with Crippen molar-refractivity contribution in [3.63, 3.8) is 0 Å². The minimum Gasteiger partial charge on any atom is -0.404 e. The van der Waals surface area contributed by atoms with Crippen LogP contribution in [0.1, 0.15) is 41.6 Å². The molecule has 2 fully saturated rings. The predicted molar refractivity (Wildman–Crippen MR) is 123 cm³/mol. The number of rotatable bonds is 5. The topological polar surface area (TPSA) is 112 Å². The number of aliphatic imine (C=N–C) groups is 1. The molecule has 0 bridgehead atoms. The summed E-state index contributed by atoms with van der Waals surface area (Å²) in [6, 6.07) is 12.1. The van der Waals surface area contributed by atoms with Crippen LogP contribution in [-0.2, 0) is 11.2 Å². The van der Waals surface area contributed by atoms with Crippen LogP contribution < -0.4 is 11.1 Å². The van der Waals surface area contributed by atoms with Gasteiger partial charge >= 0.3 is 0 Å². The Balaban J connectivity index is 1.25. The highest BCUT2D eigenvalue weighted by Gasteiger charge is 2.52. The van der Waals surface area contributed by atoms with E-state index in [-0.39, 0.29) is 17.9 Å². The van der Waals surface area contributed by atoms with E-state index >= 15 is 0 Å². The van der Waals surface area contributed by atoms with Crippen molar-refractivity contribution in [2.24, 2.45) is 16.1 Å². The van der Waals surface area contributed by atoms with Crippen molar-refractivity contribution in [1.29, 1.82) is 5.26 Å². The molecule has 0 radical (unpaired) electrons. The Morgan fingerprint density at radius 3 is 2.75 bits per heavy atom. The summed E-state index contributed by atoms with van der Waals surface area (Å²) in [5, 5.41) is 14.2. The maximum atomic E-state index is 12.5. The fourth-order valence-electron chi connectivity index (χ4n) is 4.69. The number of nitrogens with one attached hydrogen (secondary N) is 1. The Hall–Kier alpha value is -3.66. The standard InChI is InChI=1S/C25H25N5O2/c26-13-16(12-17-4-5-21-22-19(17)2-1-3-20(22)23(31)29-21)14-28-18-6-10-30(11-7-18)24(32)25(15-27)8-9-25/h1-5,13-14,18H,6-12,26H2,(H,29,31)/b16-13-,28-14?. The number of benzene rings is 2. The van der Waals surface area contributed by atoms with Crippen molar-refractivity contribution in [3.05, 3.63) is 53.2 Å². The van der Waals surface area contributed by atoms with Gasteiger partial charge in [-0.2, -0.15) is 5.26 Å². The molecule has 2 aromatic carbocycles. The normalized spacial score (nSPS) is 19.9. The Bertz CT molecular complexity index is 1210. The smallest absolute Gasteiger partial charge is 0.256 e. The molecule has 7 heteroatoms. The van der Waals surface area contributed by atoms with E-state index in [1.807, 2.05) is 41.4 Å². The number of nitrogens with two attached hydrogens (primary N) is 1. The summed E-state index contributed by atoms with van der Waals surface area (Å²) in [6.45, 7) is 1.28. The Labute approximate surface area is 186 Å². The van der Waals surface area contributed by atoms with Gasteiger partial charge in [-0.3, -0.25) is 14.6 Å². The maximum Gasteiger partial charge on any atom is 0.256 e. The molecule has 2 amide bonds. The summed E-state index contributed by atoms with van der Waals surface area (Å²) < 4.78 is 0. The van der Waals surface area contributed by atoms with Crippen LogP contribution in [0.3, 0.4) is 0 Å². The number of anilines is 1. The Kier molecular flexibility index (Phi) is 4.93. The van der Waals surface area contributed by atoms with Gasteiger partial charge in [0.05, 0.1) is 12.1 Å². The molecule has 0 unspecified atom stereocenters. The van der Waals surface area contributed by atoms with Gasteiger partial charge in [-0.1, -0.05) is 18.2 Å². The van der Waals surface area contributed by atoms with E-state index in [1.54, 1.807) is 6.20 Å². The molecule has 1 aliphatic carbocycles. The molecular weight excluding hydrogens is 402 g/mol. The van der Waals surface area contributed by atoms with E-state index in [9.17, 15) is 14.9 Å². The van der Waals surface area contributed by atoms with E-state index < -0.39 is 5.41 Å². The van der Waals surface area contributed by atoms with Crippen LogP contribution in [0.15, 0.2) is 47.1 Å². The lowest BCUT2D eigenvalue weighted by atomic mass is 9.96. The van der Waals surface area contributed by atoms with Gasteiger partial charge in [0.15, 0.2) is 0 Å². The van der Waals surface area contributed by atoms with Crippen LogP contribution in [0.25, 0.3) is 10.8 Å². The lowest BCUT2D eigenvalue weighted by molar-refractivity contribution is -0.136. The van der Waals surface area contributed by atoms with Crippen LogP contribution in [0.2, 0.25) is 0 Å². The molecule has 0 aromatic heterocycles. The van der Waals surface area contributed by atoms with Crippen molar-refractivity contribution in [3.8, 4) is 6.07 Å². The number of carbonyl (C=O) groups is 2. The summed E-state index contributed by atoms with van der Waals surface area (Å²) in [5.74, 6) is -0.0731. The largest absolute Gasteiger partial charge is 0.404 e. The first-order chi connectivity index (χ1) is 15.5. The SMILES string of the molecule is N#CC1(C(=O)N2CCC(N=C/C(=C\N)Cc3ccc4c5c(cccc35)C(=O)N4)CC2)CC1. The molecule has 5 rings (SSSR count). The highest BCUT2D eigenvalue weighted by Crippen LogP contribution is 2.46. The van der Waals surface area contributed by atoms with Crippen LogP contribution in [0.4, 0.5) is 5.69 Å². The molecule has 3 aliphatic rings. The van der Waals surface area contributed by atoms with Crippen molar-refractivity contribution >= 4 is 34.5 Å². The molecular formula is C25H25N5O2. The number of allylic oxidation sites excluding steroid dienone is 1. The third kappa shape index (κ3) is 3.42. The summed E-state index contributed by atoms with van der Waals surface area (Å²) >= 11 is 0. The minimum atomic E-state index is -0.745. The molecule has 3 N–H and O–H groups in total. The Morgan fingerprint density at radius 2 is 2.06 bits per heavy atom. The average Bonchev–Trinajstić information content (AvgIpc) is 3.57. The summed E-state index contributed by atoms with van der Waals surface area (Å²) in [7, 11) is 0. The zero-order chi connectivity index (χ0) is 22.3. The Morgan fingerprint density at radius 1 is 1.28 bits per heavy atom. The fraction of sp³-hybridized carbons (Fsp3) is 0.360. The molecule has 32 heavy (non-hydrogen) atoms. The highest BCUT2D eigenvalue weighted by molar-refractivity contribution is 6.24. The molecule has 2 aromatic rings. The fourth-order valence-corrected chi connectivity index (χ4v) is 4.69. The second kappa shape index (κ2) is 7.79. The number of likely N-dealkylation sites (tertiary alicyclic amines) is 1. The van der Waals surface area contributed by atoms with Gasteiger partial charge in [-0.25, -0.2) is 0 Å². The number of piperidine rings is 1. The first-order valence-electron chi connectivity index (χ1n) is 11.1. The first-order valence-corrected chi connectivity index (χ1v) is 11.1. The number of carbonyl (C=O) groups excluding carboxylic acids is 2. The maximum absolute atomic E-state index is 12.5. The van der Waals surface area contributed by atoms with Gasteiger partial charge in [0, 0.05) is 42.4 Å². The average molecular weight is 428 g/mol. The van der Waals surface area contributed by atoms with Crippen molar-refractivity contribution in [2.75, 3.05) is 18.4 Å². The zero-order valence-electron chi connectivity index (χ0n) is 17.8. The number of nitriles is 1. The van der Waals surface area contributed by atoms with Gasteiger partial charge < -0.3 is 16.0 Å². The molecule has 162 valence electrons. The molecule has 7 nitrogen and oxygen atoms in total. The molecule has 1 saturated carbocycles. The highest BCUT2D eigenvalue weighted by atomic mass is 16.2. The first kappa shape index (κ1) is 20.3. The van der Waals surface area contributed by atoms with Gasteiger partial charge in [-0.15, -0.1) is 0 Å². The lowest BCUT2D eigenvalue weighted by Gasteiger charge is -2.31. The summed E-state index contributed by atoms with van der Waals surface area (Å²) in [4.78, 5) is 31.2. The second-order valence-electron chi connectivity index (χ2n) is 8.87. The van der Waals surface area contributed by atoms with E-state index in [2.05, 4.69) is 11.4 Å². The predicted octanol–water partition coefficient (Wildman–Crippen LogP) is 3.16. The van der Waals surface area contributed by atoms with E-state index in [1.165, 1.54) is 0 Å². The molecule has 2 heterocycles. The third-order valence-electron chi connectivity index (χ3n) is 6.81. The lowest BCUT2D eigenvalue weighted by Crippen LogP contribution is -2.43. The van der Waals surface area contributed by atoms with Crippen LogP contribution in [-0.4, -0.2) is 42.1 Å². The second-order valence-corrected chi connectivity index (χ2v) is 8.87. The number of nitrogens with zero attached hydrogens (tertiary/aromatic N) is 3. The van der Waals surface area contributed by atoms with Crippen molar-refractivity contribution in [1.82, 2.24) is 4.90 Å². The number of hydrogen-bond acceptors (Lipinski definition) is 5. The molecule has 2 aliphatic heterocycles.